The van der Waals surface area contributed by atoms with Gasteiger partial charge < -0.3 is 10.2 Å². The van der Waals surface area contributed by atoms with Crippen molar-refractivity contribution in [3.05, 3.63) is 64.1 Å². The van der Waals surface area contributed by atoms with Crippen molar-refractivity contribution in [2.24, 2.45) is 0 Å². The van der Waals surface area contributed by atoms with Gasteiger partial charge in [0.25, 0.3) is 15.9 Å². The van der Waals surface area contributed by atoms with Gasteiger partial charge in [0, 0.05) is 17.1 Å². The molecule has 0 radical (unpaired) electrons. The minimum absolute atomic E-state index is 0.0433. The van der Waals surface area contributed by atoms with Crippen LogP contribution in [0.4, 0.5) is 0 Å². The first-order chi connectivity index (χ1) is 16.2. The number of halogens is 1. The lowest BCUT2D eigenvalue weighted by atomic mass is 10.1. The van der Waals surface area contributed by atoms with E-state index < -0.39 is 34.4 Å². The number of fused-ring (bicyclic) bond motifs is 1. The van der Waals surface area contributed by atoms with Crippen molar-refractivity contribution in [2.45, 2.75) is 56.1 Å². The summed E-state index contributed by atoms with van der Waals surface area (Å²) >= 11 is 3.38. The number of nitrogens with one attached hydrogen (secondary N) is 1. The van der Waals surface area contributed by atoms with Crippen molar-refractivity contribution in [1.82, 2.24) is 14.5 Å². The van der Waals surface area contributed by atoms with Gasteiger partial charge in [0.05, 0.1) is 5.56 Å². The van der Waals surface area contributed by atoms with Gasteiger partial charge in [0.2, 0.25) is 11.8 Å². The lowest BCUT2D eigenvalue weighted by molar-refractivity contribution is -0.140. The average Bonchev–Trinajstić information content (AvgIpc) is 3.39. The van der Waals surface area contributed by atoms with Crippen molar-refractivity contribution < 1.29 is 22.8 Å². The fourth-order valence-electron chi connectivity index (χ4n) is 4.36. The van der Waals surface area contributed by atoms with Crippen LogP contribution < -0.4 is 5.32 Å². The quantitative estimate of drug-likeness (QED) is 0.573. The summed E-state index contributed by atoms with van der Waals surface area (Å²) in [7, 11) is -4.14. The lowest BCUT2D eigenvalue weighted by Gasteiger charge is -2.31. The Bertz CT molecular complexity index is 1210. The molecule has 0 aromatic heterocycles. The van der Waals surface area contributed by atoms with Crippen LogP contribution >= 0.6 is 15.9 Å². The molecule has 0 bridgehead atoms. The molecular weight excluding hydrogens is 522 g/mol. The first-order valence-corrected chi connectivity index (χ1v) is 13.4. The van der Waals surface area contributed by atoms with Crippen molar-refractivity contribution in [1.29, 1.82) is 0 Å². The number of sulfonamides is 1. The predicted octanol–water partition coefficient (Wildman–Crippen LogP) is 3.07. The molecular formula is C24H26BrN3O5S. The summed E-state index contributed by atoms with van der Waals surface area (Å²) in [6.07, 6.45) is 3.91. The van der Waals surface area contributed by atoms with E-state index >= 15 is 0 Å². The van der Waals surface area contributed by atoms with Crippen LogP contribution in [0.1, 0.15) is 48.5 Å². The van der Waals surface area contributed by atoms with Gasteiger partial charge in [0.15, 0.2) is 0 Å². The maximum Gasteiger partial charge on any atom is 0.269 e. The molecule has 8 nitrogen and oxygen atoms in total. The Labute approximate surface area is 207 Å². The molecule has 0 spiro atoms. The highest BCUT2D eigenvalue weighted by Gasteiger charge is 2.43. The van der Waals surface area contributed by atoms with Crippen molar-refractivity contribution in [3.8, 4) is 0 Å². The van der Waals surface area contributed by atoms with Gasteiger partial charge in [-0.1, -0.05) is 53.0 Å². The lowest BCUT2D eigenvalue weighted by Crippen LogP contribution is -2.52. The average molecular weight is 548 g/mol. The van der Waals surface area contributed by atoms with E-state index in [1.807, 2.05) is 24.3 Å². The second-order valence-corrected chi connectivity index (χ2v) is 11.4. The molecule has 1 aliphatic carbocycles. The maximum absolute atomic E-state index is 13.4. The number of hydrogen-bond donors (Lipinski definition) is 1. The highest BCUT2D eigenvalue weighted by molar-refractivity contribution is 9.10. The molecule has 34 heavy (non-hydrogen) atoms. The zero-order chi connectivity index (χ0) is 24.5. The molecule has 0 saturated heterocycles. The van der Waals surface area contributed by atoms with Crippen LogP contribution in [0.5, 0.6) is 0 Å². The largest absolute Gasteiger partial charge is 0.352 e. The van der Waals surface area contributed by atoms with Crippen LogP contribution in [0, 0.1) is 0 Å². The second kappa shape index (κ2) is 9.87. The Kier molecular flexibility index (Phi) is 7.09. The van der Waals surface area contributed by atoms with E-state index in [2.05, 4.69) is 21.2 Å². The van der Waals surface area contributed by atoms with Gasteiger partial charge in [-0.15, -0.1) is 0 Å². The summed E-state index contributed by atoms with van der Waals surface area (Å²) in [6, 6.07) is 12.4. The normalized spacial score (nSPS) is 17.9. The number of nitrogens with zero attached hydrogens (tertiary/aromatic N) is 2. The minimum Gasteiger partial charge on any atom is -0.352 e. The zero-order valence-electron chi connectivity index (χ0n) is 18.7. The Morgan fingerprint density at radius 1 is 1.12 bits per heavy atom. The Morgan fingerprint density at radius 3 is 2.41 bits per heavy atom. The maximum atomic E-state index is 13.4. The number of hydrogen-bond acceptors (Lipinski definition) is 5. The van der Waals surface area contributed by atoms with Gasteiger partial charge >= 0.3 is 0 Å². The summed E-state index contributed by atoms with van der Waals surface area (Å²) in [6.45, 7) is 1.05. The highest BCUT2D eigenvalue weighted by atomic mass is 79.9. The molecule has 1 N–H and O–H groups in total. The van der Waals surface area contributed by atoms with E-state index in [-0.39, 0.29) is 29.0 Å². The SMILES string of the molecule is C[C@H](C(=O)NC1CCCC1)N(Cc1ccc(Br)cc1)C(=O)CN1C(=O)c2ccccc2S1(=O)=O. The molecule has 1 atom stereocenters. The van der Waals surface area contributed by atoms with Crippen molar-refractivity contribution in [2.75, 3.05) is 6.54 Å². The van der Waals surface area contributed by atoms with E-state index in [1.165, 1.54) is 23.1 Å². The summed E-state index contributed by atoms with van der Waals surface area (Å²) in [5.74, 6) is -1.66. The third-order valence-corrected chi connectivity index (χ3v) is 8.64. The first kappa shape index (κ1) is 24.4. The van der Waals surface area contributed by atoms with Crippen LogP contribution in [0.15, 0.2) is 57.9 Å². The molecule has 1 fully saturated rings. The number of carbonyl (C=O) groups is 3. The minimum atomic E-state index is -4.14. The summed E-state index contributed by atoms with van der Waals surface area (Å²) in [5, 5.41) is 3.00. The first-order valence-electron chi connectivity index (χ1n) is 11.2. The Balaban J connectivity index is 1.57. The molecule has 2 aromatic carbocycles. The van der Waals surface area contributed by atoms with Crippen LogP contribution in [0.2, 0.25) is 0 Å². The second-order valence-electron chi connectivity index (χ2n) is 8.63. The van der Waals surface area contributed by atoms with E-state index in [9.17, 15) is 22.8 Å². The molecule has 1 aliphatic heterocycles. The van der Waals surface area contributed by atoms with E-state index in [0.717, 1.165) is 35.7 Å². The Hall–Kier alpha value is -2.72. The molecule has 180 valence electrons. The zero-order valence-corrected chi connectivity index (χ0v) is 21.1. The molecule has 10 heteroatoms. The molecule has 0 unspecified atom stereocenters. The monoisotopic (exact) mass is 547 g/mol. The molecule has 1 heterocycles. The third-order valence-electron chi connectivity index (χ3n) is 6.33. The van der Waals surface area contributed by atoms with E-state index in [0.29, 0.717) is 4.31 Å². The highest BCUT2D eigenvalue weighted by Crippen LogP contribution is 2.30. The summed E-state index contributed by atoms with van der Waals surface area (Å²) in [4.78, 5) is 40.4. The molecule has 1 saturated carbocycles. The topological polar surface area (TPSA) is 104 Å². The standard InChI is InChI=1S/C24H26BrN3O5S/c1-16(23(30)26-19-6-2-3-7-19)27(14-17-10-12-18(25)13-11-17)22(29)15-28-24(31)20-8-4-5-9-21(20)34(28,32)33/h4-5,8-13,16,19H,2-3,6-7,14-15H2,1H3,(H,26,30)/t16-/m1/s1. The molecule has 2 aromatic rings. The van der Waals surface area contributed by atoms with Gasteiger partial charge in [-0.05, 0) is 49.6 Å². The van der Waals surface area contributed by atoms with Gasteiger partial charge in [-0.2, -0.15) is 0 Å². The van der Waals surface area contributed by atoms with Crippen molar-refractivity contribution >= 4 is 43.7 Å². The smallest absolute Gasteiger partial charge is 0.269 e. The summed E-state index contributed by atoms with van der Waals surface area (Å²) in [5.41, 5.74) is 0.817. The van der Waals surface area contributed by atoms with Crippen LogP contribution in [-0.2, 0) is 26.2 Å². The fourth-order valence-corrected chi connectivity index (χ4v) is 6.14. The van der Waals surface area contributed by atoms with Crippen molar-refractivity contribution in [3.63, 3.8) is 0 Å². The van der Waals surface area contributed by atoms with E-state index in [4.69, 9.17) is 0 Å². The number of amides is 3. The third kappa shape index (κ3) is 4.88. The number of rotatable bonds is 7. The number of benzene rings is 2. The fraction of sp³-hybridized carbons (Fsp3) is 0.375. The van der Waals surface area contributed by atoms with Crippen LogP contribution in [0.3, 0.4) is 0 Å². The number of carbonyl (C=O) groups excluding carboxylic acids is 3. The molecule has 2 aliphatic rings. The molecule has 4 rings (SSSR count). The van der Waals surface area contributed by atoms with E-state index in [1.54, 1.807) is 13.0 Å². The van der Waals surface area contributed by atoms with Crippen LogP contribution in [0.25, 0.3) is 0 Å². The van der Waals surface area contributed by atoms with Gasteiger partial charge in [-0.3, -0.25) is 14.4 Å². The van der Waals surface area contributed by atoms with Gasteiger partial charge in [0.1, 0.15) is 17.5 Å². The summed E-state index contributed by atoms with van der Waals surface area (Å²) < 4.78 is 27.3. The predicted molar refractivity (Wildman–Crippen MR) is 129 cm³/mol. The van der Waals surface area contributed by atoms with Gasteiger partial charge in [-0.25, -0.2) is 12.7 Å². The Morgan fingerprint density at radius 2 is 1.76 bits per heavy atom. The molecule has 3 amide bonds. The van der Waals surface area contributed by atoms with Crippen LogP contribution in [-0.4, -0.2) is 54.0 Å².